The third kappa shape index (κ3) is 4.08. The van der Waals surface area contributed by atoms with Gasteiger partial charge in [-0.05, 0) is 42.5 Å². The minimum atomic E-state index is -0.207. The summed E-state index contributed by atoms with van der Waals surface area (Å²) in [7, 11) is 0. The Morgan fingerprint density at radius 2 is 2.13 bits per heavy atom. The molecule has 2 aromatic heterocycles. The predicted molar refractivity (Wildman–Crippen MR) is 122 cm³/mol. The highest BCUT2D eigenvalue weighted by Gasteiger charge is 2.23. The second-order valence-corrected chi connectivity index (χ2v) is 9.13. The van der Waals surface area contributed by atoms with Gasteiger partial charge in [-0.3, -0.25) is 14.2 Å². The van der Waals surface area contributed by atoms with Crippen molar-refractivity contribution < 1.29 is 9.90 Å². The fourth-order valence-corrected chi connectivity index (χ4v) is 5.90. The summed E-state index contributed by atoms with van der Waals surface area (Å²) < 4.78 is 1.71. The minimum Gasteiger partial charge on any atom is -0.395 e. The van der Waals surface area contributed by atoms with Gasteiger partial charge in [-0.2, -0.15) is 0 Å². The van der Waals surface area contributed by atoms with Gasteiger partial charge in [0.25, 0.3) is 11.5 Å². The van der Waals surface area contributed by atoms with E-state index in [4.69, 9.17) is 10.1 Å². The molecule has 0 radical (unpaired) electrons. The van der Waals surface area contributed by atoms with Crippen molar-refractivity contribution in [2.45, 2.75) is 36.7 Å². The van der Waals surface area contributed by atoms with Crippen LogP contribution in [0.5, 0.6) is 0 Å². The van der Waals surface area contributed by atoms with Gasteiger partial charge in [0, 0.05) is 29.3 Å². The molecule has 2 heterocycles. The van der Waals surface area contributed by atoms with Crippen molar-refractivity contribution in [1.82, 2.24) is 14.9 Å². The summed E-state index contributed by atoms with van der Waals surface area (Å²) in [4.78, 5) is 32.1. The van der Waals surface area contributed by atoms with Gasteiger partial charge < -0.3 is 10.4 Å². The maximum Gasteiger partial charge on any atom is 0.263 e. The molecule has 2 N–H and O–H groups in total. The van der Waals surface area contributed by atoms with Gasteiger partial charge in [0.2, 0.25) is 0 Å². The van der Waals surface area contributed by atoms with Gasteiger partial charge in [0.15, 0.2) is 5.16 Å². The highest BCUT2D eigenvalue weighted by atomic mass is 32.2. The Morgan fingerprint density at radius 1 is 1.33 bits per heavy atom. The molecule has 0 spiro atoms. The van der Waals surface area contributed by atoms with Crippen molar-refractivity contribution in [2.24, 2.45) is 0 Å². The second-order valence-electron chi connectivity index (χ2n) is 7.10. The van der Waals surface area contributed by atoms with E-state index in [0.717, 1.165) is 35.0 Å². The number of amides is 1. The topological polar surface area (TPSA) is 84.2 Å². The molecule has 0 saturated heterocycles. The molecule has 3 aromatic rings. The van der Waals surface area contributed by atoms with E-state index >= 15 is 0 Å². The molecule has 1 aromatic carbocycles. The molecule has 0 saturated carbocycles. The van der Waals surface area contributed by atoms with E-state index in [1.54, 1.807) is 34.1 Å². The van der Waals surface area contributed by atoms with E-state index < -0.39 is 0 Å². The van der Waals surface area contributed by atoms with Crippen LogP contribution in [0.25, 0.3) is 10.2 Å². The first kappa shape index (κ1) is 20.8. The van der Waals surface area contributed by atoms with Crippen LogP contribution in [0.4, 0.5) is 0 Å². The summed E-state index contributed by atoms with van der Waals surface area (Å²) >= 11 is 3.16. The summed E-state index contributed by atoms with van der Waals surface area (Å²) in [6, 6.07) is 7.32. The number of hydrogen-bond donors (Lipinski definition) is 2. The molecule has 4 rings (SSSR count). The zero-order valence-electron chi connectivity index (χ0n) is 16.5. The molecule has 0 aliphatic heterocycles. The zero-order chi connectivity index (χ0) is 21.1. The number of nitrogens with zero attached hydrogens (tertiary/aromatic N) is 2. The number of rotatable bonds is 8. The highest BCUT2D eigenvalue weighted by Crippen LogP contribution is 2.35. The first-order chi connectivity index (χ1) is 14.6. The summed E-state index contributed by atoms with van der Waals surface area (Å²) in [5.41, 5.74) is 2.80. The van der Waals surface area contributed by atoms with Crippen molar-refractivity contribution in [3.05, 3.63) is 68.8 Å². The number of carbonyl (C=O) groups is 1. The van der Waals surface area contributed by atoms with Gasteiger partial charge in [-0.25, -0.2) is 4.98 Å². The van der Waals surface area contributed by atoms with Gasteiger partial charge >= 0.3 is 0 Å². The van der Waals surface area contributed by atoms with Crippen molar-refractivity contribution in [1.29, 1.82) is 0 Å². The number of aliphatic hydroxyl groups is 1. The number of allylic oxidation sites excluding steroid dienone is 1. The number of thiophene rings is 1. The quantitative estimate of drug-likeness (QED) is 0.319. The largest absolute Gasteiger partial charge is 0.395 e. The SMILES string of the molecule is C=CCn1c(SCc2ccc(C(=O)NCCO)cc2)nc2sc3c(c2c1=O)CCC3. The summed E-state index contributed by atoms with van der Waals surface area (Å²) in [6.45, 7) is 4.37. The number of fused-ring (bicyclic) bond motifs is 3. The lowest BCUT2D eigenvalue weighted by molar-refractivity contribution is 0.0945. The van der Waals surface area contributed by atoms with Crippen LogP contribution < -0.4 is 10.9 Å². The number of aliphatic hydroxyl groups excluding tert-OH is 1. The van der Waals surface area contributed by atoms with Crippen LogP contribution in [0.2, 0.25) is 0 Å². The number of nitrogens with one attached hydrogen (secondary N) is 1. The molecule has 0 bridgehead atoms. The molecule has 1 amide bonds. The molecule has 0 atom stereocenters. The third-order valence-electron chi connectivity index (χ3n) is 5.08. The van der Waals surface area contributed by atoms with Crippen LogP contribution in [0, 0.1) is 0 Å². The Morgan fingerprint density at radius 3 is 2.87 bits per heavy atom. The van der Waals surface area contributed by atoms with Crippen LogP contribution in [-0.2, 0) is 25.1 Å². The lowest BCUT2D eigenvalue weighted by Crippen LogP contribution is -2.26. The lowest BCUT2D eigenvalue weighted by Gasteiger charge is -2.11. The molecular formula is C22H23N3O3S2. The maximum absolute atomic E-state index is 13.2. The fraction of sp³-hybridized carbons (Fsp3) is 0.318. The third-order valence-corrected chi connectivity index (χ3v) is 7.32. The number of aromatic nitrogens is 2. The van der Waals surface area contributed by atoms with E-state index in [2.05, 4.69) is 11.9 Å². The van der Waals surface area contributed by atoms with Crippen molar-refractivity contribution in [2.75, 3.05) is 13.2 Å². The molecule has 8 heteroatoms. The van der Waals surface area contributed by atoms with Gasteiger partial charge in [0.05, 0.1) is 12.0 Å². The Hall–Kier alpha value is -2.42. The van der Waals surface area contributed by atoms with Crippen molar-refractivity contribution >= 4 is 39.2 Å². The summed E-state index contributed by atoms with van der Waals surface area (Å²) in [6.07, 6.45) is 4.84. The Kier molecular flexibility index (Phi) is 6.36. The Labute approximate surface area is 182 Å². The van der Waals surface area contributed by atoms with E-state index in [-0.39, 0.29) is 24.6 Å². The van der Waals surface area contributed by atoms with E-state index in [9.17, 15) is 9.59 Å². The fourth-order valence-electron chi connectivity index (χ4n) is 3.63. The first-order valence-electron chi connectivity index (χ1n) is 9.89. The number of benzene rings is 1. The standard InChI is InChI=1S/C22H23N3O3S2/c1-2-11-25-21(28)18-16-4-3-5-17(16)30-20(18)24-22(25)29-13-14-6-8-15(9-7-14)19(27)23-10-12-26/h2,6-9,26H,1,3-5,10-13H2,(H,23,27). The number of aryl methyl sites for hydroxylation is 2. The predicted octanol–water partition coefficient (Wildman–Crippen LogP) is 3.15. The van der Waals surface area contributed by atoms with E-state index in [1.165, 1.54) is 22.2 Å². The monoisotopic (exact) mass is 441 g/mol. The van der Waals surface area contributed by atoms with Crippen LogP contribution in [-0.4, -0.2) is 33.7 Å². The van der Waals surface area contributed by atoms with E-state index in [0.29, 0.717) is 23.0 Å². The average molecular weight is 442 g/mol. The number of carbonyl (C=O) groups excluding carboxylic acids is 1. The summed E-state index contributed by atoms with van der Waals surface area (Å²) in [5, 5.41) is 12.9. The van der Waals surface area contributed by atoms with Gasteiger partial charge in [-0.15, -0.1) is 17.9 Å². The molecule has 0 unspecified atom stereocenters. The first-order valence-corrected chi connectivity index (χ1v) is 11.7. The molecule has 6 nitrogen and oxygen atoms in total. The molecule has 156 valence electrons. The molecule has 30 heavy (non-hydrogen) atoms. The van der Waals surface area contributed by atoms with Crippen LogP contribution in [0.1, 0.15) is 32.8 Å². The van der Waals surface area contributed by atoms with Crippen molar-refractivity contribution in [3.8, 4) is 0 Å². The van der Waals surface area contributed by atoms with Gasteiger partial charge in [-0.1, -0.05) is 30.0 Å². The number of hydrogen-bond acceptors (Lipinski definition) is 6. The maximum atomic E-state index is 13.2. The Balaban J connectivity index is 1.56. The molecule has 0 fully saturated rings. The second kappa shape index (κ2) is 9.16. The smallest absolute Gasteiger partial charge is 0.263 e. The highest BCUT2D eigenvalue weighted by molar-refractivity contribution is 7.98. The van der Waals surface area contributed by atoms with Crippen molar-refractivity contribution in [3.63, 3.8) is 0 Å². The molecule has 1 aliphatic rings. The Bertz CT molecular complexity index is 1150. The lowest BCUT2D eigenvalue weighted by atomic mass is 10.1. The van der Waals surface area contributed by atoms with E-state index in [1.807, 2.05) is 12.1 Å². The van der Waals surface area contributed by atoms with Crippen LogP contribution in [0.15, 0.2) is 46.9 Å². The molecule has 1 aliphatic carbocycles. The summed E-state index contributed by atoms with van der Waals surface area (Å²) in [5.74, 6) is 0.430. The minimum absolute atomic E-state index is 0.0257. The zero-order valence-corrected chi connectivity index (χ0v) is 18.2. The van der Waals surface area contributed by atoms with Crippen LogP contribution in [0.3, 0.4) is 0 Å². The number of thioether (sulfide) groups is 1. The average Bonchev–Trinajstić information content (AvgIpc) is 3.34. The molecular weight excluding hydrogens is 418 g/mol. The normalized spacial score (nSPS) is 12.8. The van der Waals surface area contributed by atoms with Crippen LogP contribution >= 0.6 is 23.1 Å². The van der Waals surface area contributed by atoms with Gasteiger partial charge in [0.1, 0.15) is 4.83 Å².